The Balaban J connectivity index is 1.36. The molecule has 8 nitrogen and oxygen atoms in total. The van der Waals surface area contributed by atoms with Crippen molar-refractivity contribution in [3.63, 3.8) is 0 Å². The van der Waals surface area contributed by atoms with Gasteiger partial charge in [0.25, 0.3) is 0 Å². The van der Waals surface area contributed by atoms with Gasteiger partial charge < -0.3 is 19.8 Å². The molecule has 3 aliphatic rings. The fraction of sp³-hybridized carbons (Fsp3) is 0.406. The summed E-state index contributed by atoms with van der Waals surface area (Å²) in [6.45, 7) is 2.65. The van der Waals surface area contributed by atoms with Gasteiger partial charge in [-0.05, 0) is 61.9 Å². The zero-order valence-electron chi connectivity index (χ0n) is 23.1. The summed E-state index contributed by atoms with van der Waals surface area (Å²) < 4.78 is 35.2. The molecule has 0 aliphatic carbocycles. The Labute approximate surface area is 242 Å². The number of terminal acetylenes is 1. The molecule has 0 amide bonds. The highest BCUT2D eigenvalue weighted by Gasteiger charge is 2.49. The Kier molecular flexibility index (Phi) is 6.59. The molecule has 0 spiro atoms. The molecule has 2 N–H and O–H groups in total. The number of fused-ring (bicyclic) bond motifs is 3. The van der Waals surface area contributed by atoms with Crippen LogP contribution in [0.5, 0.6) is 11.8 Å². The molecule has 42 heavy (non-hydrogen) atoms. The zero-order valence-corrected chi connectivity index (χ0v) is 23.1. The average Bonchev–Trinajstić information content (AvgIpc) is 3.50. The standard InChI is InChI=1S/C32H31F2N5O3/c1-2-23-26(34)7-6-19-11-22(41)12-24(29(19)23)27-13-28-25(30(36-27)38-9-3-5-21(40)17-38)15-35-31(37-28)42-18-32-8-4-10-39(32)16-20(33)14-32/h1,6-7,11-13,15,20-21,40-41H,3-5,8-10,14,16-18H2/t20-,21+,32+/m1/s1. The smallest absolute Gasteiger partial charge is 0.316 e. The fourth-order valence-corrected chi connectivity index (χ4v) is 7.01. The number of β-amino-alcohol motifs (C(OH)–C–C–N with tert-alkyl or cyclic N) is 1. The lowest BCUT2D eigenvalue weighted by Crippen LogP contribution is -2.43. The summed E-state index contributed by atoms with van der Waals surface area (Å²) in [7, 11) is 0. The first-order valence-electron chi connectivity index (χ1n) is 14.4. The van der Waals surface area contributed by atoms with Crippen LogP contribution in [-0.4, -0.2) is 80.7 Å². The molecule has 216 valence electrons. The van der Waals surface area contributed by atoms with Crippen molar-refractivity contribution in [3.8, 4) is 35.4 Å². The van der Waals surface area contributed by atoms with Gasteiger partial charge in [0.2, 0.25) is 0 Å². The van der Waals surface area contributed by atoms with E-state index in [9.17, 15) is 19.0 Å². The Morgan fingerprint density at radius 2 is 2.02 bits per heavy atom. The summed E-state index contributed by atoms with van der Waals surface area (Å²) in [6.07, 6.45) is 9.82. The second-order valence-corrected chi connectivity index (χ2v) is 11.7. The van der Waals surface area contributed by atoms with Crippen molar-refractivity contribution in [1.29, 1.82) is 0 Å². The van der Waals surface area contributed by atoms with E-state index >= 15 is 0 Å². The number of nitrogens with zero attached hydrogens (tertiary/aromatic N) is 5. The first-order chi connectivity index (χ1) is 20.3. The largest absolute Gasteiger partial charge is 0.508 e. The molecular formula is C32H31F2N5O3. The van der Waals surface area contributed by atoms with Crippen molar-refractivity contribution in [1.82, 2.24) is 19.9 Å². The van der Waals surface area contributed by atoms with Crippen LogP contribution >= 0.6 is 0 Å². The molecule has 5 heterocycles. The van der Waals surface area contributed by atoms with E-state index < -0.39 is 18.1 Å². The van der Waals surface area contributed by atoms with Gasteiger partial charge in [-0.2, -0.15) is 4.98 Å². The predicted octanol–water partition coefficient (Wildman–Crippen LogP) is 4.59. The maximum atomic E-state index is 14.8. The highest BCUT2D eigenvalue weighted by Crippen LogP contribution is 2.41. The Morgan fingerprint density at radius 3 is 2.86 bits per heavy atom. The van der Waals surface area contributed by atoms with Crippen molar-refractivity contribution in [2.45, 2.75) is 49.9 Å². The van der Waals surface area contributed by atoms with Gasteiger partial charge in [-0.25, -0.2) is 18.7 Å². The van der Waals surface area contributed by atoms with Gasteiger partial charge in [-0.1, -0.05) is 12.0 Å². The second-order valence-electron chi connectivity index (χ2n) is 11.7. The molecule has 2 aromatic heterocycles. The van der Waals surface area contributed by atoms with Crippen LogP contribution in [0.2, 0.25) is 0 Å². The number of rotatable bonds is 5. The molecule has 7 rings (SSSR count). The van der Waals surface area contributed by atoms with Gasteiger partial charge >= 0.3 is 6.01 Å². The maximum Gasteiger partial charge on any atom is 0.316 e. The van der Waals surface area contributed by atoms with Crippen LogP contribution in [0.3, 0.4) is 0 Å². The monoisotopic (exact) mass is 571 g/mol. The number of piperidine rings is 1. The molecular weight excluding hydrogens is 540 g/mol. The first-order valence-corrected chi connectivity index (χ1v) is 14.4. The topological polar surface area (TPSA) is 94.8 Å². The SMILES string of the molecule is C#Cc1c(F)ccc2cc(O)cc(-c3cc4nc(OC[C@@]56CCCN5C[C@H](F)C6)ncc4c(N4CCC[C@H](O)C4)n3)c12. The average molecular weight is 572 g/mol. The van der Waals surface area contributed by atoms with Crippen LogP contribution in [0.15, 0.2) is 36.5 Å². The molecule has 0 saturated carbocycles. The number of benzene rings is 2. The molecule has 0 unspecified atom stereocenters. The van der Waals surface area contributed by atoms with E-state index in [2.05, 4.69) is 15.8 Å². The van der Waals surface area contributed by atoms with Crippen LogP contribution in [0.1, 0.15) is 37.7 Å². The lowest BCUT2D eigenvalue weighted by Gasteiger charge is -2.32. The lowest BCUT2D eigenvalue weighted by molar-refractivity contribution is 0.107. The van der Waals surface area contributed by atoms with E-state index in [4.69, 9.17) is 21.1 Å². The van der Waals surface area contributed by atoms with Crippen molar-refractivity contribution < 1.29 is 23.7 Å². The van der Waals surface area contributed by atoms with Crippen molar-refractivity contribution in [2.24, 2.45) is 0 Å². The van der Waals surface area contributed by atoms with Crippen LogP contribution in [0.4, 0.5) is 14.6 Å². The summed E-state index contributed by atoms with van der Waals surface area (Å²) in [5.74, 6) is 2.47. The van der Waals surface area contributed by atoms with E-state index in [1.54, 1.807) is 18.3 Å². The molecule has 0 bridgehead atoms. The van der Waals surface area contributed by atoms with Crippen molar-refractivity contribution in [3.05, 3.63) is 47.9 Å². The number of hydrogen-bond acceptors (Lipinski definition) is 8. The highest BCUT2D eigenvalue weighted by atomic mass is 19.1. The van der Waals surface area contributed by atoms with Gasteiger partial charge in [-0.3, -0.25) is 4.90 Å². The van der Waals surface area contributed by atoms with Gasteiger partial charge in [-0.15, -0.1) is 6.42 Å². The molecule has 3 atom stereocenters. The predicted molar refractivity (Wildman–Crippen MR) is 156 cm³/mol. The zero-order chi connectivity index (χ0) is 29.0. The van der Waals surface area contributed by atoms with Crippen LogP contribution < -0.4 is 9.64 Å². The molecule has 4 aromatic rings. The van der Waals surface area contributed by atoms with Gasteiger partial charge in [0.1, 0.15) is 30.2 Å². The minimum atomic E-state index is -0.864. The van der Waals surface area contributed by atoms with E-state index in [-0.39, 0.29) is 22.9 Å². The second kappa shape index (κ2) is 10.3. The number of aromatic nitrogens is 3. The third-order valence-corrected chi connectivity index (χ3v) is 8.94. The van der Waals surface area contributed by atoms with E-state index in [0.717, 1.165) is 25.8 Å². The van der Waals surface area contributed by atoms with Crippen LogP contribution in [0, 0.1) is 18.2 Å². The number of aliphatic hydroxyl groups excluding tert-OH is 1. The number of halogens is 2. The van der Waals surface area contributed by atoms with Gasteiger partial charge in [0, 0.05) is 43.2 Å². The number of alkyl halides is 1. The normalized spacial score (nSPS) is 24.3. The summed E-state index contributed by atoms with van der Waals surface area (Å²) >= 11 is 0. The maximum absolute atomic E-state index is 14.8. The number of hydrogen-bond donors (Lipinski definition) is 2. The summed E-state index contributed by atoms with van der Waals surface area (Å²) in [6, 6.07) is 7.83. The Hall–Kier alpha value is -4.07. The lowest BCUT2D eigenvalue weighted by atomic mass is 9.95. The van der Waals surface area contributed by atoms with E-state index in [1.807, 2.05) is 4.90 Å². The highest BCUT2D eigenvalue weighted by molar-refractivity contribution is 6.03. The number of phenolic OH excluding ortho intramolecular Hbond substituents is 1. The number of anilines is 1. The third kappa shape index (κ3) is 4.57. The Bertz CT molecular complexity index is 1740. The third-order valence-electron chi connectivity index (χ3n) is 8.94. The van der Waals surface area contributed by atoms with Gasteiger partial charge in [0.15, 0.2) is 0 Å². The molecule has 3 aliphatic heterocycles. The van der Waals surface area contributed by atoms with Gasteiger partial charge in [0.05, 0.1) is 33.8 Å². The van der Waals surface area contributed by atoms with Crippen molar-refractivity contribution in [2.75, 3.05) is 37.7 Å². The van der Waals surface area contributed by atoms with E-state index in [0.29, 0.717) is 77.8 Å². The molecule has 10 heteroatoms. The summed E-state index contributed by atoms with van der Waals surface area (Å²) in [4.78, 5) is 18.4. The number of aliphatic hydroxyl groups is 1. The minimum Gasteiger partial charge on any atom is -0.508 e. The minimum absolute atomic E-state index is 0.0151. The first kappa shape index (κ1) is 26.8. The van der Waals surface area contributed by atoms with Crippen LogP contribution in [-0.2, 0) is 0 Å². The van der Waals surface area contributed by atoms with Crippen molar-refractivity contribution >= 4 is 27.5 Å². The van der Waals surface area contributed by atoms with Crippen LogP contribution in [0.25, 0.3) is 32.9 Å². The molecule has 3 saturated heterocycles. The summed E-state index contributed by atoms with van der Waals surface area (Å²) in [5, 5.41) is 22.7. The summed E-state index contributed by atoms with van der Waals surface area (Å²) in [5.41, 5.74) is 1.16. The Morgan fingerprint density at radius 1 is 1.14 bits per heavy atom. The number of aromatic hydroxyl groups is 1. The fourth-order valence-electron chi connectivity index (χ4n) is 7.01. The quantitative estimate of drug-likeness (QED) is 0.336. The molecule has 2 aromatic carbocycles. The molecule has 3 fully saturated rings. The number of ether oxygens (including phenoxy) is 1. The molecule has 0 radical (unpaired) electrons. The number of pyridine rings is 1. The number of phenols is 1. The van der Waals surface area contributed by atoms with E-state index in [1.165, 1.54) is 18.2 Å².